The molecule has 22 heavy (non-hydrogen) atoms. The van der Waals surface area contributed by atoms with E-state index in [0.29, 0.717) is 0 Å². The number of nitrogens with one attached hydrogen (secondary N) is 3. The van der Waals surface area contributed by atoms with Gasteiger partial charge in [-0.05, 0) is 18.4 Å². The lowest BCUT2D eigenvalue weighted by atomic mass is 10.1. The molecule has 0 unspecified atom stereocenters. The van der Waals surface area contributed by atoms with E-state index >= 15 is 0 Å². The van der Waals surface area contributed by atoms with Crippen molar-refractivity contribution in [3.63, 3.8) is 0 Å². The Labute approximate surface area is 132 Å². The number of morpholine rings is 1. The molecule has 1 aliphatic carbocycles. The summed E-state index contributed by atoms with van der Waals surface area (Å²) in [5.41, 5.74) is 1.09. The third-order valence-corrected chi connectivity index (χ3v) is 4.62. The van der Waals surface area contributed by atoms with Gasteiger partial charge in [-0.25, -0.2) is 4.79 Å². The average Bonchev–Trinajstić information content (AvgIpc) is 3.34. The summed E-state index contributed by atoms with van der Waals surface area (Å²) in [6.07, 6.45) is 3.08. The lowest BCUT2D eigenvalue weighted by Crippen LogP contribution is -3.14. The highest BCUT2D eigenvalue weighted by molar-refractivity contribution is 5.75. The number of benzene rings is 1. The van der Waals surface area contributed by atoms with Crippen molar-refractivity contribution in [1.29, 1.82) is 0 Å². The largest absolute Gasteiger partial charge is 0.370 e. The van der Waals surface area contributed by atoms with Crippen LogP contribution in [-0.4, -0.2) is 45.4 Å². The van der Waals surface area contributed by atoms with Crippen LogP contribution in [0.15, 0.2) is 30.3 Å². The van der Waals surface area contributed by atoms with Crippen LogP contribution in [0.3, 0.4) is 0 Å². The molecule has 5 heteroatoms. The van der Waals surface area contributed by atoms with Crippen molar-refractivity contribution < 1.29 is 14.4 Å². The van der Waals surface area contributed by atoms with Crippen molar-refractivity contribution in [2.24, 2.45) is 0 Å². The van der Waals surface area contributed by atoms with Crippen LogP contribution in [0, 0.1) is 0 Å². The molecule has 1 heterocycles. The number of hydrogen-bond acceptors (Lipinski definition) is 2. The molecule has 0 spiro atoms. The van der Waals surface area contributed by atoms with Gasteiger partial charge in [-0.15, -0.1) is 0 Å². The Balaban J connectivity index is 1.36. The van der Waals surface area contributed by atoms with E-state index in [9.17, 15) is 4.79 Å². The fraction of sp³-hybridized carbons (Fsp3) is 0.588. The third kappa shape index (κ3) is 3.99. The van der Waals surface area contributed by atoms with Crippen molar-refractivity contribution in [2.75, 3.05) is 39.4 Å². The van der Waals surface area contributed by atoms with Gasteiger partial charge in [-0.3, -0.25) is 0 Å². The molecule has 120 valence electrons. The summed E-state index contributed by atoms with van der Waals surface area (Å²) in [6, 6.07) is 10.2. The second kappa shape index (κ2) is 7.11. The van der Waals surface area contributed by atoms with Gasteiger partial charge >= 0.3 is 6.03 Å². The highest BCUT2D eigenvalue weighted by Gasteiger charge is 2.45. The zero-order valence-electron chi connectivity index (χ0n) is 13.1. The van der Waals surface area contributed by atoms with Crippen molar-refractivity contribution in [3.8, 4) is 0 Å². The normalized spacial score (nSPS) is 20.4. The summed E-state index contributed by atoms with van der Waals surface area (Å²) in [7, 11) is 0. The predicted octanol–water partition coefficient (Wildman–Crippen LogP) is 0.280. The molecule has 2 amide bonds. The molecule has 0 aromatic heterocycles. The number of carbonyl (C=O) groups excluding carboxylic acids is 1. The van der Waals surface area contributed by atoms with Crippen molar-refractivity contribution in [1.82, 2.24) is 10.6 Å². The Bertz CT molecular complexity index is 482. The molecule has 1 saturated carbocycles. The molecule has 5 nitrogen and oxygen atoms in total. The summed E-state index contributed by atoms with van der Waals surface area (Å²) in [5.74, 6) is 0. The molecular weight excluding hydrogens is 278 g/mol. The Morgan fingerprint density at radius 1 is 1.18 bits per heavy atom. The minimum absolute atomic E-state index is 0.0432. The van der Waals surface area contributed by atoms with Crippen LogP contribution in [0.2, 0.25) is 0 Å². The van der Waals surface area contributed by atoms with E-state index in [-0.39, 0.29) is 11.6 Å². The third-order valence-electron chi connectivity index (χ3n) is 4.62. The number of amides is 2. The number of hydrogen-bond donors (Lipinski definition) is 3. The first-order valence-corrected chi connectivity index (χ1v) is 8.31. The van der Waals surface area contributed by atoms with Gasteiger partial charge in [-0.1, -0.05) is 30.3 Å². The van der Waals surface area contributed by atoms with Crippen LogP contribution in [0.4, 0.5) is 4.79 Å². The van der Waals surface area contributed by atoms with E-state index in [1.807, 2.05) is 18.2 Å². The van der Waals surface area contributed by atoms with E-state index in [1.54, 1.807) is 4.90 Å². The van der Waals surface area contributed by atoms with Gasteiger partial charge in [0.2, 0.25) is 0 Å². The number of rotatable bonds is 6. The highest BCUT2D eigenvalue weighted by Crippen LogP contribution is 2.45. The van der Waals surface area contributed by atoms with Crippen molar-refractivity contribution in [3.05, 3.63) is 35.9 Å². The molecule has 0 bridgehead atoms. The predicted molar refractivity (Wildman–Crippen MR) is 84.9 cm³/mol. The smallest absolute Gasteiger partial charge is 0.315 e. The quantitative estimate of drug-likeness (QED) is 0.661. The van der Waals surface area contributed by atoms with Crippen LogP contribution >= 0.6 is 0 Å². The maximum atomic E-state index is 12.1. The van der Waals surface area contributed by atoms with Crippen LogP contribution in [-0.2, 0) is 10.3 Å². The zero-order chi connectivity index (χ0) is 15.3. The lowest BCUT2D eigenvalue weighted by Gasteiger charge is -2.23. The number of quaternary nitrogens is 1. The summed E-state index contributed by atoms with van der Waals surface area (Å²) in [6.45, 7) is 5.74. The number of ether oxygens (including phenoxy) is 1. The van der Waals surface area contributed by atoms with E-state index in [0.717, 1.165) is 58.7 Å². The Kier molecular flexibility index (Phi) is 4.95. The SMILES string of the molecule is O=C(NCCC[NH+]1CCOCC1)NC1(c2ccccc2)CC1. The van der Waals surface area contributed by atoms with E-state index in [4.69, 9.17) is 4.74 Å². The van der Waals surface area contributed by atoms with E-state index in [1.165, 1.54) is 5.56 Å². The molecule has 1 aliphatic heterocycles. The second-order valence-electron chi connectivity index (χ2n) is 6.29. The molecule has 0 atom stereocenters. The van der Waals surface area contributed by atoms with Gasteiger partial charge in [0, 0.05) is 13.0 Å². The first kappa shape index (κ1) is 15.3. The second-order valence-corrected chi connectivity index (χ2v) is 6.29. The summed E-state index contributed by atoms with van der Waals surface area (Å²) in [4.78, 5) is 13.7. The minimum atomic E-state index is -0.124. The zero-order valence-corrected chi connectivity index (χ0v) is 13.1. The lowest BCUT2D eigenvalue weighted by molar-refractivity contribution is -0.908. The number of carbonyl (C=O) groups is 1. The molecule has 2 aliphatic rings. The van der Waals surface area contributed by atoms with Gasteiger partial charge in [0.15, 0.2) is 0 Å². The summed E-state index contributed by atoms with van der Waals surface area (Å²) < 4.78 is 5.35. The molecule has 3 N–H and O–H groups in total. The maximum Gasteiger partial charge on any atom is 0.315 e. The van der Waals surface area contributed by atoms with E-state index in [2.05, 4.69) is 22.8 Å². The summed E-state index contributed by atoms with van der Waals surface area (Å²) in [5, 5.41) is 6.14. The molecule has 1 aromatic carbocycles. The standard InChI is InChI=1S/C17H25N3O2/c21-16(18-9-4-10-20-11-13-22-14-12-20)19-17(7-8-17)15-5-2-1-3-6-15/h1-3,5-6H,4,7-14H2,(H2,18,19,21)/p+1. The molecule has 1 aromatic rings. The van der Waals surface area contributed by atoms with E-state index < -0.39 is 0 Å². The highest BCUT2D eigenvalue weighted by atomic mass is 16.5. The van der Waals surface area contributed by atoms with Gasteiger partial charge in [0.25, 0.3) is 0 Å². The fourth-order valence-corrected chi connectivity index (χ4v) is 3.08. The van der Waals surface area contributed by atoms with Crippen molar-refractivity contribution >= 4 is 6.03 Å². The van der Waals surface area contributed by atoms with Gasteiger partial charge in [-0.2, -0.15) is 0 Å². The first-order valence-electron chi connectivity index (χ1n) is 8.31. The van der Waals surface area contributed by atoms with Crippen molar-refractivity contribution in [2.45, 2.75) is 24.8 Å². The average molecular weight is 304 g/mol. The Morgan fingerprint density at radius 3 is 2.59 bits per heavy atom. The van der Waals surface area contributed by atoms with Gasteiger partial charge in [0.1, 0.15) is 13.1 Å². The van der Waals surface area contributed by atoms with Crippen LogP contribution in [0.5, 0.6) is 0 Å². The maximum absolute atomic E-state index is 12.1. The molecular formula is C17H26N3O2+. The summed E-state index contributed by atoms with van der Waals surface area (Å²) >= 11 is 0. The van der Waals surface area contributed by atoms with Crippen LogP contribution < -0.4 is 15.5 Å². The first-order chi connectivity index (χ1) is 10.8. The van der Waals surface area contributed by atoms with Crippen LogP contribution in [0.25, 0.3) is 0 Å². The molecule has 0 radical (unpaired) electrons. The minimum Gasteiger partial charge on any atom is -0.370 e. The van der Waals surface area contributed by atoms with Crippen LogP contribution in [0.1, 0.15) is 24.8 Å². The Hall–Kier alpha value is -1.59. The fourth-order valence-electron chi connectivity index (χ4n) is 3.08. The van der Waals surface area contributed by atoms with Gasteiger partial charge in [0.05, 0.1) is 25.3 Å². The molecule has 2 fully saturated rings. The Morgan fingerprint density at radius 2 is 1.91 bits per heavy atom. The molecule has 3 rings (SSSR count). The monoisotopic (exact) mass is 304 g/mol. The molecule has 1 saturated heterocycles. The van der Waals surface area contributed by atoms with Gasteiger partial charge < -0.3 is 20.3 Å². The number of urea groups is 1. The topological polar surface area (TPSA) is 54.8 Å².